The number of aliphatic imine (C=N–C) groups is 1. The quantitative estimate of drug-likeness (QED) is 0.247. The number of carbonyl (C=O) groups is 2. The van der Waals surface area contributed by atoms with Crippen LogP contribution in [0.4, 0.5) is 0 Å². The van der Waals surface area contributed by atoms with E-state index in [1.54, 1.807) is 19.2 Å². The third-order valence-electron chi connectivity index (χ3n) is 7.23. The molecule has 2 heterocycles. The second kappa shape index (κ2) is 12.5. The molecule has 0 saturated heterocycles. The number of benzene rings is 3. The Hall–Kier alpha value is -4.32. The molecule has 3 aromatic carbocycles. The van der Waals surface area contributed by atoms with Crippen LogP contribution in [0.15, 0.2) is 71.7 Å². The van der Waals surface area contributed by atoms with Crippen molar-refractivity contribution in [1.82, 2.24) is 25.4 Å². The second-order valence-electron chi connectivity index (χ2n) is 10.8. The molecule has 0 radical (unpaired) electrons. The second-order valence-corrected chi connectivity index (χ2v) is 15.0. The van der Waals surface area contributed by atoms with Gasteiger partial charge in [0.15, 0.2) is 5.82 Å². The van der Waals surface area contributed by atoms with Gasteiger partial charge in [-0.05, 0) is 61.1 Å². The Morgan fingerprint density at radius 1 is 1.00 bits per heavy atom. The molecule has 4 aromatic rings. The van der Waals surface area contributed by atoms with Gasteiger partial charge in [-0.15, -0.1) is 10.2 Å². The fraction of sp³-hybridized carbons (Fsp3) is 0.258. The van der Waals surface area contributed by atoms with Crippen LogP contribution < -0.4 is 20.6 Å². The number of halogens is 1. The van der Waals surface area contributed by atoms with Crippen LogP contribution in [0.3, 0.4) is 0 Å². The summed E-state index contributed by atoms with van der Waals surface area (Å²) in [6, 6.07) is 19.9. The average Bonchev–Trinajstić information content (AvgIpc) is 3.31. The van der Waals surface area contributed by atoms with Gasteiger partial charge in [-0.25, -0.2) is 0 Å². The highest BCUT2D eigenvalue weighted by atomic mass is 35.5. The van der Waals surface area contributed by atoms with E-state index in [0.29, 0.717) is 34.7 Å². The molecule has 3 N–H and O–H groups in total. The summed E-state index contributed by atoms with van der Waals surface area (Å²) >= 11 is 6.17. The Morgan fingerprint density at radius 3 is 2.40 bits per heavy atom. The highest BCUT2D eigenvalue weighted by molar-refractivity contribution is 6.83. The lowest BCUT2D eigenvalue weighted by Gasteiger charge is -2.15. The van der Waals surface area contributed by atoms with E-state index in [2.05, 4.69) is 20.8 Å². The van der Waals surface area contributed by atoms with Crippen LogP contribution in [0, 0.1) is 6.92 Å². The number of aromatic nitrogens is 3. The molecule has 0 saturated carbocycles. The maximum absolute atomic E-state index is 13.1. The van der Waals surface area contributed by atoms with Gasteiger partial charge in [0.1, 0.15) is 17.6 Å². The Balaban J connectivity index is 1.33. The molecule has 0 fully saturated rings. The van der Waals surface area contributed by atoms with Gasteiger partial charge in [0.25, 0.3) is 0 Å². The molecule has 0 bridgehead atoms. The molecule has 2 amide bonds. The van der Waals surface area contributed by atoms with Crippen LogP contribution in [0.1, 0.15) is 40.8 Å². The van der Waals surface area contributed by atoms with Crippen LogP contribution in [-0.2, 0) is 16.1 Å². The molecular formula is C31H33ClN6O4Si. The van der Waals surface area contributed by atoms with Gasteiger partial charge in [0.05, 0.1) is 31.5 Å². The molecule has 0 spiro atoms. The van der Waals surface area contributed by atoms with Crippen molar-refractivity contribution in [3.8, 4) is 11.4 Å². The summed E-state index contributed by atoms with van der Waals surface area (Å²) < 4.78 is 7.41. The van der Waals surface area contributed by atoms with Gasteiger partial charge < -0.3 is 20.2 Å². The number of nitrogens with zero attached hydrogens (tertiary/aromatic N) is 4. The summed E-state index contributed by atoms with van der Waals surface area (Å²) in [5.41, 5.74) is 3.98. The minimum absolute atomic E-state index is 0.0457. The molecule has 5 rings (SSSR count). The van der Waals surface area contributed by atoms with E-state index in [9.17, 15) is 14.4 Å². The summed E-state index contributed by atoms with van der Waals surface area (Å²) in [7, 11) is -0.780. The van der Waals surface area contributed by atoms with Gasteiger partial charge in [-0.1, -0.05) is 48.0 Å². The number of hydrogen-bond donors (Lipinski definition) is 3. The zero-order valence-electron chi connectivity index (χ0n) is 24.4. The van der Waals surface area contributed by atoms with Gasteiger partial charge in [-0.2, -0.15) is 0 Å². The van der Waals surface area contributed by atoms with Gasteiger partial charge in [0.2, 0.25) is 20.1 Å². The van der Waals surface area contributed by atoms with Crippen molar-refractivity contribution in [3.63, 3.8) is 0 Å². The number of ether oxygens (including phenoxy) is 1. The average molecular weight is 617 g/mol. The molecule has 10 nitrogen and oxygen atoms in total. The molecule has 1 unspecified atom stereocenters. The van der Waals surface area contributed by atoms with Gasteiger partial charge in [0, 0.05) is 22.7 Å². The molecule has 1 aromatic heterocycles. The summed E-state index contributed by atoms with van der Waals surface area (Å²) in [5.74, 6) is 1.15. The number of methoxy groups -OCH3 is 1. The first-order chi connectivity index (χ1) is 20.5. The molecule has 0 aliphatic carbocycles. The number of aryl methyl sites for hydroxylation is 1. The van der Waals surface area contributed by atoms with Crippen LogP contribution >= 0.6 is 11.6 Å². The van der Waals surface area contributed by atoms with E-state index in [1.807, 2.05) is 79.2 Å². The monoisotopic (exact) mass is 616 g/mol. The number of hydrogen-bond acceptors (Lipinski definition) is 7. The normalized spacial score (nSPS) is 14.2. The SMILES string of the molecule is COc1ccc2c(c1)C(c1ccc(Cl)cc1)=NC(CC(=O)NCC(=O)NCc1ccc([Si](C)(C)O)cc1)c1nnc(C)n1-2. The summed E-state index contributed by atoms with van der Waals surface area (Å²) in [6.07, 6.45) is -0.0457. The first-order valence-electron chi connectivity index (χ1n) is 13.8. The van der Waals surface area contributed by atoms with E-state index >= 15 is 0 Å². The molecule has 12 heteroatoms. The lowest BCUT2D eigenvalue weighted by Crippen LogP contribution is -2.41. The predicted molar refractivity (Wildman–Crippen MR) is 168 cm³/mol. The van der Waals surface area contributed by atoms with Crippen molar-refractivity contribution in [3.05, 3.63) is 100 Å². The first-order valence-corrected chi connectivity index (χ1v) is 17.2. The largest absolute Gasteiger partial charge is 0.497 e. The van der Waals surface area contributed by atoms with Gasteiger partial charge in [-0.3, -0.25) is 19.1 Å². The summed E-state index contributed by atoms with van der Waals surface area (Å²) in [4.78, 5) is 41.0. The van der Waals surface area contributed by atoms with Crippen LogP contribution in [0.25, 0.3) is 5.69 Å². The molecular weight excluding hydrogens is 584 g/mol. The van der Waals surface area contributed by atoms with Crippen LogP contribution in [0.5, 0.6) is 5.75 Å². The molecule has 1 atom stereocenters. The first kappa shape index (κ1) is 30.1. The minimum atomic E-state index is -2.38. The maximum atomic E-state index is 13.1. The topological polar surface area (TPSA) is 131 Å². The molecule has 1 aliphatic rings. The van der Waals surface area contributed by atoms with E-state index in [4.69, 9.17) is 21.3 Å². The van der Waals surface area contributed by atoms with E-state index in [0.717, 1.165) is 27.6 Å². The van der Waals surface area contributed by atoms with Crippen molar-refractivity contribution >= 4 is 42.6 Å². The zero-order valence-corrected chi connectivity index (χ0v) is 26.1. The van der Waals surface area contributed by atoms with Gasteiger partial charge >= 0.3 is 0 Å². The van der Waals surface area contributed by atoms with Crippen molar-refractivity contribution < 1.29 is 19.1 Å². The number of carbonyl (C=O) groups excluding carboxylic acids is 2. The summed E-state index contributed by atoms with van der Waals surface area (Å²) in [6.45, 7) is 5.68. The maximum Gasteiger partial charge on any atom is 0.239 e. The number of fused-ring (bicyclic) bond motifs is 3. The van der Waals surface area contributed by atoms with Crippen molar-refractivity contribution in [2.45, 2.75) is 39.0 Å². The summed E-state index contributed by atoms with van der Waals surface area (Å²) in [5, 5.41) is 15.7. The molecule has 222 valence electrons. The smallest absolute Gasteiger partial charge is 0.239 e. The minimum Gasteiger partial charge on any atom is -0.497 e. The standard InChI is InChI=1S/C31H33ClN6O4Si/c1-19-36-37-31-26(16-28(39)34-18-29(40)33-17-20-5-12-24(13-6-20)43(3,4)41)35-30(21-7-9-22(32)10-8-21)25-15-23(42-2)11-14-27(25)38(19)31/h5-15,26,41H,16-18H2,1-4H3,(H,33,40)(H,34,39). The van der Waals surface area contributed by atoms with Crippen molar-refractivity contribution in [1.29, 1.82) is 0 Å². The lowest BCUT2D eigenvalue weighted by atomic mass is 10.00. The highest BCUT2D eigenvalue weighted by Crippen LogP contribution is 2.34. The number of amides is 2. The molecule has 1 aliphatic heterocycles. The Morgan fingerprint density at radius 2 is 1.72 bits per heavy atom. The van der Waals surface area contributed by atoms with E-state index in [-0.39, 0.29) is 24.8 Å². The Kier molecular flexibility index (Phi) is 8.76. The van der Waals surface area contributed by atoms with Crippen molar-refractivity contribution in [2.24, 2.45) is 4.99 Å². The van der Waals surface area contributed by atoms with E-state index in [1.165, 1.54) is 0 Å². The lowest BCUT2D eigenvalue weighted by molar-refractivity contribution is -0.126. The fourth-order valence-electron chi connectivity index (χ4n) is 4.90. The van der Waals surface area contributed by atoms with Crippen LogP contribution in [0.2, 0.25) is 18.1 Å². The predicted octanol–water partition coefficient (Wildman–Crippen LogP) is 3.36. The third kappa shape index (κ3) is 6.85. The van der Waals surface area contributed by atoms with Crippen molar-refractivity contribution in [2.75, 3.05) is 13.7 Å². The number of rotatable bonds is 9. The Bertz CT molecular complexity index is 1680. The fourth-order valence-corrected chi connectivity index (χ4v) is 6.01. The molecule has 43 heavy (non-hydrogen) atoms. The number of nitrogens with one attached hydrogen (secondary N) is 2. The highest BCUT2D eigenvalue weighted by Gasteiger charge is 2.30. The van der Waals surface area contributed by atoms with E-state index < -0.39 is 14.4 Å². The Labute approximate surface area is 255 Å². The third-order valence-corrected chi connectivity index (χ3v) is 9.22. The zero-order chi connectivity index (χ0) is 30.7. The van der Waals surface area contributed by atoms with Crippen LogP contribution in [-0.4, -0.2) is 59.1 Å².